The summed E-state index contributed by atoms with van der Waals surface area (Å²) in [7, 11) is -4.15. The predicted octanol–water partition coefficient (Wildman–Crippen LogP) is 2.20. The number of hydrogen-bond acceptors (Lipinski definition) is 4. The van der Waals surface area contributed by atoms with Gasteiger partial charge in [-0.3, -0.25) is 4.79 Å². The molecular formula is C12H9F3N2O4S. The van der Waals surface area contributed by atoms with E-state index < -0.39 is 44.2 Å². The van der Waals surface area contributed by atoms with Gasteiger partial charge in [0, 0.05) is 0 Å². The highest BCUT2D eigenvalue weighted by molar-refractivity contribution is 7.89. The fraction of sp³-hybridized carbons (Fsp3) is 0.0833. The lowest BCUT2D eigenvalue weighted by atomic mass is 10.1. The van der Waals surface area contributed by atoms with E-state index in [2.05, 4.69) is 0 Å². The molecule has 1 heterocycles. The number of benzene rings is 1. The van der Waals surface area contributed by atoms with Crippen molar-refractivity contribution in [1.29, 1.82) is 0 Å². The van der Waals surface area contributed by atoms with Gasteiger partial charge in [0.15, 0.2) is 5.76 Å². The number of anilines is 1. The Morgan fingerprint density at radius 1 is 1.14 bits per heavy atom. The minimum Gasteiger partial charge on any atom is -0.438 e. The van der Waals surface area contributed by atoms with Crippen LogP contribution in [0.25, 0.3) is 0 Å². The summed E-state index contributed by atoms with van der Waals surface area (Å²) in [5, 5.41) is 6.15. The average Bonchev–Trinajstić information content (AvgIpc) is 2.87. The lowest BCUT2D eigenvalue weighted by molar-refractivity contribution is -0.136. The first-order valence-electron chi connectivity index (χ1n) is 5.69. The molecule has 0 aliphatic heterocycles. The molecular weight excluding hydrogens is 325 g/mol. The third kappa shape index (κ3) is 3.46. The molecule has 10 heteroatoms. The Kier molecular flexibility index (Phi) is 3.98. The molecule has 0 atom stereocenters. The second-order valence-electron chi connectivity index (χ2n) is 4.16. The SMILES string of the molecule is NS(=O)(=O)c1ccc(C(=O)Nc2ccccc2C(F)(F)F)o1. The van der Waals surface area contributed by atoms with Gasteiger partial charge in [-0.05, 0) is 24.3 Å². The maximum atomic E-state index is 12.8. The van der Waals surface area contributed by atoms with Crippen LogP contribution in [0.1, 0.15) is 16.1 Å². The Morgan fingerprint density at radius 3 is 2.32 bits per heavy atom. The van der Waals surface area contributed by atoms with Crippen LogP contribution < -0.4 is 10.5 Å². The maximum Gasteiger partial charge on any atom is 0.418 e. The Morgan fingerprint density at radius 2 is 1.77 bits per heavy atom. The molecule has 22 heavy (non-hydrogen) atoms. The molecule has 1 amide bonds. The molecule has 0 unspecified atom stereocenters. The second-order valence-corrected chi connectivity index (χ2v) is 5.65. The van der Waals surface area contributed by atoms with Crippen LogP contribution in [0.5, 0.6) is 0 Å². The number of amides is 1. The van der Waals surface area contributed by atoms with Gasteiger partial charge < -0.3 is 9.73 Å². The van der Waals surface area contributed by atoms with Gasteiger partial charge >= 0.3 is 6.18 Å². The van der Waals surface area contributed by atoms with Crippen molar-refractivity contribution in [2.24, 2.45) is 5.14 Å². The highest BCUT2D eigenvalue weighted by atomic mass is 32.2. The zero-order valence-corrected chi connectivity index (χ0v) is 11.5. The van der Waals surface area contributed by atoms with Crippen LogP contribution in [0.3, 0.4) is 0 Å². The van der Waals surface area contributed by atoms with E-state index in [1.807, 2.05) is 5.32 Å². The smallest absolute Gasteiger partial charge is 0.418 e. The van der Waals surface area contributed by atoms with Crippen LogP contribution >= 0.6 is 0 Å². The number of para-hydroxylation sites is 1. The van der Waals surface area contributed by atoms with Gasteiger partial charge in [0.1, 0.15) is 0 Å². The third-order valence-corrected chi connectivity index (χ3v) is 3.35. The van der Waals surface area contributed by atoms with Gasteiger partial charge in [-0.1, -0.05) is 12.1 Å². The largest absolute Gasteiger partial charge is 0.438 e. The zero-order valence-electron chi connectivity index (χ0n) is 10.7. The number of carbonyl (C=O) groups is 1. The summed E-state index contributed by atoms with van der Waals surface area (Å²) >= 11 is 0. The molecule has 0 fully saturated rings. The number of nitrogens with two attached hydrogens (primary N) is 1. The van der Waals surface area contributed by atoms with Crippen LogP contribution in [0.2, 0.25) is 0 Å². The fourth-order valence-electron chi connectivity index (χ4n) is 1.62. The number of primary sulfonamides is 1. The molecule has 0 aliphatic carbocycles. The standard InChI is InChI=1S/C12H9F3N2O4S/c13-12(14,15)7-3-1-2-4-8(7)17-11(18)9-5-6-10(21-9)22(16,19)20/h1-6H,(H,17,18)(H2,16,19,20). The number of sulfonamides is 1. The highest BCUT2D eigenvalue weighted by Gasteiger charge is 2.33. The summed E-state index contributed by atoms with van der Waals surface area (Å²) < 4.78 is 65.1. The number of nitrogens with one attached hydrogen (secondary N) is 1. The molecule has 0 bridgehead atoms. The van der Waals surface area contributed by atoms with Crippen LogP contribution in [-0.2, 0) is 16.2 Å². The monoisotopic (exact) mass is 334 g/mol. The summed E-state index contributed by atoms with van der Waals surface area (Å²) in [4.78, 5) is 11.8. The fourth-order valence-corrected chi connectivity index (χ4v) is 2.08. The van der Waals surface area contributed by atoms with Gasteiger partial charge in [0.25, 0.3) is 15.9 Å². The molecule has 0 saturated carbocycles. The molecule has 3 N–H and O–H groups in total. The van der Waals surface area contributed by atoms with E-state index in [-0.39, 0.29) is 0 Å². The van der Waals surface area contributed by atoms with Crippen molar-refractivity contribution in [1.82, 2.24) is 0 Å². The summed E-state index contributed by atoms with van der Waals surface area (Å²) in [6, 6.07) is 6.26. The molecule has 2 rings (SSSR count). The number of furan rings is 1. The average molecular weight is 334 g/mol. The minimum atomic E-state index is -4.65. The van der Waals surface area contributed by atoms with Crippen molar-refractivity contribution >= 4 is 21.6 Å². The van der Waals surface area contributed by atoms with Gasteiger partial charge in [-0.2, -0.15) is 13.2 Å². The molecule has 1 aromatic heterocycles. The second kappa shape index (κ2) is 5.46. The molecule has 0 saturated heterocycles. The number of alkyl halides is 3. The Labute approximate surface area is 122 Å². The van der Waals surface area contributed by atoms with Crippen molar-refractivity contribution in [3.63, 3.8) is 0 Å². The van der Waals surface area contributed by atoms with Gasteiger partial charge in [0.2, 0.25) is 5.09 Å². The maximum absolute atomic E-state index is 12.8. The molecule has 118 valence electrons. The molecule has 0 spiro atoms. The van der Waals surface area contributed by atoms with E-state index in [1.54, 1.807) is 0 Å². The number of halogens is 3. The molecule has 0 radical (unpaired) electrons. The van der Waals surface area contributed by atoms with E-state index in [9.17, 15) is 26.4 Å². The van der Waals surface area contributed by atoms with Crippen LogP contribution in [0.15, 0.2) is 45.9 Å². The lowest BCUT2D eigenvalue weighted by Crippen LogP contribution is -2.16. The lowest BCUT2D eigenvalue weighted by Gasteiger charge is -2.12. The van der Waals surface area contributed by atoms with Crippen molar-refractivity contribution in [2.75, 3.05) is 5.32 Å². The van der Waals surface area contributed by atoms with E-state index in [0.29, 0.717) is 0 Å². The predicted molar refractivity (Wildman–Crippen MR) is 69.5 cm³/mol. The molecule has 0 aliphatic rings. The first-order valence-corrected chi connectivity index (χ1v) is 7.24. The molecule has 1 aromatic carbocycles. The van der Waals surface area contributed by atoms with Gasteiger partial charge in [-0.25, -0.2) is 13.6 Å². The van der Waals surface area contributed by atoms with E-state index in [0.717, 1.165) is 24.3 Å². The summed E-state index contributed by atoms with van der Waals surface area (Å²) in [5.41, 5.74) is -1.52. The van der Waals surface area contributed by atoms with Crippen LogP contribution in [0, 0.1) is 0 Å². The summed E-state index contributed by atoms with van der Waals surface area (Å²) in [6.07, 6.45) is -4.65. The Bertz CT molecular complexity index is 812. The van der Waals surface area contributed by atoms with Crippen molar-refractivity contribution in [3.8, 4) is 0 Å². The van der Waals surface area contributed by atoms with Gasteiger partial charge in [0.05, 0.1) is 11.3 Å². The Balaban J connectivity index is 2.29. The van der Waals surface area contributed by atoms with E-state index in [4.69, 9.17) is 9.56 Å². The van der Waals surface area contributed by atoms with E-state index in [1.165, 1.54) is 12.1 Å². The highest BCUT2D eigenvalue weighted by Crippen LogP contribution is 2.34. The minimum absolute atomic E-state index is 0.478. The Hall–Kier alpha value is -2.33. The van der Waals surface area contributed by atoms with E-state index >= 15 is 0 Å². The van der Waals surface area contributed by atoms with Crippen molar-refractivity contribution < 1.29 is 30.8 Å². The zero-order chi connectivity index (χ0) is 16.5. The third-order valence-electron chi connectivity index (χ3n) is 2.57. The first kappa shape index (κ1) is 16.0. The van der Waals surface area contributed by atoms with Crippen molar-refractivity contribution in [3.05, 3.63) is 47.7 Å². The number of hydrogen-bond donors (Lipinski definition) is 2. The number of carbonyl (C=O) groups excluding carboxylic acids is 1. The summed E-state index contributed by atoms with van der Waals surface area (Å²) in [5.74, 6) is -1.52. The van der Waals surface area contributed by atoms with Crippen LogP contribution in [-0.4, -0.2) is 14.3 Å². The topological polar surface area (TPSA) is 102 Å². The molecule has 2 aromatic rings. The quantitative estimate of drug-likeness (QED) is 0.898. The first-order chi connectivity index (χ1) is 10.1. The van der Waals surface area contributed by atoms with Gasteiger partial charge in [-0.15, -0.1) is 0 Å². The van der Waals surface area contributed by atoms with Crippen molar-refractivity contribution in [2.45, 2.75) is 11.3 Å². The van der Waals surface area contributed by atoms with Crippen LogP contribution in [0.4, 0.5) is 18.9 Å². The molecule has 6 nitrogen and oxygen atoms in total. The number of rotatable bonds is 3. The normalized spacial score (nSPS) is 12.2. The summed E-state index contributed by atoms with van der Waals surface area (Å²) in [6.45, 7) is 0.